The summed E-state index contributed by atoms with van der Waals surface area (Å²) < 4.78 is 1.53. The van der Waals surface area contributed by atoms with Crippen LogP contribution in [-0.2, 0) is 6.42 Å². The maximum Gasteiger partial charge on any atom is 0.107 e. The van der Waals surface area contributed by atoms with Crippen molar-refractivity contribution in [3.05, 3.63) is 54.6 Å². The summed E-state index contributed by atoms with van der Waals surface area (Å²) in [6.07, 6.45) is 0.116. The third-order valence-electron chi connectivity index (χ3n) is 2.99. The molecule has 1 unspecified atom stereocenters. The molecule has 0 saturated carbocycles. The van der Waals surface area contributed by atoms with Crippen LogP contribution < -0.4 is 0 Å². The lowest BCUT2D eigenvalue weighted by Gasteiger charge is -2.10. The Hall–Kier alpha value is -0.350. The molecule has 0 fully saturated rings. The van der Waals surface area contributed by atoms with Gasteiger partial charge in [0.1, 0.15) is 4.34 Å². The van der Waals surface area contributed by atoms with Crippen molar-refractivity contribution in [2.75, 3.05) is 0 Å². The summed E-state index contributed by atoms with van der Waals surface area (Å²) >= 11 is 10.8. The van der Waals surface area contributed by atoms with E-state index < -0.39 is 6.10 Å². The lowest BCUT2D eigenvalue weighted by Crippen LogP contribution is -2.00. The van der Waals surface area contributed by atoms with Gasteiger partial charge in [-0.2, -0.15) is 0 Å². The van der Waals surface area contributed by atoms with E-state index in [9.17, 15) is 5.11 Å². The molecular formula is C14H14BrClOS. The van der Waals surface area contributed by atoms with Crippen LogP contribution in [-0.4, -0.2) is 5.11 Å². The minimum Gasteiger partial charge on any atom is -0.387 e. The van der Waals surface area contributed by atoms with Crippen molar-refractivity contribution in [3.63, 3.8) is 0 Å². The zero-order chi connectivity index (χ0) is 13.3. The molecule has 18 heavy (non-hydrogen) atoms. The molecule has 1 aromatic carbocycles. The first-order valence-electron chi connectivity index (χ1n) is 5.66. The van der Waals surface area contributed by atoms with Gasteiger partial charge in [-0.1, -0.05) is 29.8 Å². The predicted molar refractivity (Wildman–Crippen MR) is 81.6 cm³/mol. The van der Waals surface area contributed by atoms with E-state index in [2.05, 4.69) is 48.0 Å². The summed E-state index contributed by atoms with van der Waals surface area (Å²) in [5.41, 5.74) is 3.67. The van der Waals surface area contributed by atoms with Gasteiger partial charge in [-0.3, -0.25) is 0 Å². The van der Waals surface area contributed by atoms with Gasteiger partial charge in [0, 0.05) is 15.8 Å². The Bertz CT molecular complexity index is 545. The van der Waals surface area contributed by atoms with Crippen LogP contribution in [0.2, 0.25) is 4.34 Å². The fourth-order valence-electron chi connectivity index (χ4n) is 1.78. The standard InChI is InChI=1S/C14H14BrClOS/c1-8-3-4-10(5-9(8)2)6-12(17)13-7-11(15)14(16)18-13/h3-5,7,12,17H,6H2,1-2H3. The molecule has 0 aliphatic rings. The van der Waals surface area contributed by atoms with Crippen LogP contribution in [0.1, 0.15) is 27.7 Å². The Labute approximate surface area is 125 Å². The Morgan fingerprint density at radius 1 is 1.28 bits per heavy atom. The number of aryl methyl sites for hydroxylation is 2. The van der Waals surface area contributed by atoms with E-state index in [0.29, 0.717) is 10.8 Å². The average Bonchev–Trinajstić information content (AvgIpc) is 2.65. The third-order valence-corrected chi connectivity index (χ3v) is 5.57. The highest BCUT2D eigenvalue weighted by molar-refractivity contribution is 9.10. The number of rotatable bonds is 3. The zero-order valence-corrected chi connectivity index (χ0v) is 13.4. The van der Waals surface area contributed by atoms with Gasteiger partial charge in [0.05, 0.1) is 6.10 Å². The van der Waals surface area contributed by atoms with E-state index in [0.717, 1.165) is 14.9 Å². The summed E-state index contributed by atoms with van der Waals surface area (Å²) in [7, 11) is 0. The summed E-state index contributed by atoms with van der Waals surface area (Å²) in [5, 5.41) is 10.2. The SMILES string of the molecule is Cc1ccc(CC(O)c2cc(Br)c(Cl)s2)cc1C. The second kappa shape index (κ2) is 5.74. The largest absolute Gasteiger partial charge is 0.387 e. The van der Waals surface area contributed by atoms with Crippen LogP contribution in [0, 0.1) is 13.8 Å². The summed E-state index contributed by atoms with van der Waals surface area (Å²) in [6, 6.07) is 8.17. The third kappa shape index (κ3) is 3.15. The molecule has 0 spiro atoms. The first-order valence-corrected chi connectivity index (χ1v) is 7.65. The number of halogens is 2. The molecule has 0 amide bonds. The highest BCUT2D eigenvalue weighted by Gasteiger charge is 2.14. The molecule has 2 rings (SSSR count). The molecule has 0 aliphatic carbocycles. The minimum atomic E-state index is -0.499. The van der Waals surface area contributed by atoms with E-state index >= 15 is 0 Å². The van der Waals surface area contributed by atoms with E-state index in [4.69, 9.17) is 11.6 Å². The van der Waals surface area contributed by atoms with Gasteiger partial charge in [-0.25, -0.2) is 0 Å². The van der Waals surface area contributed by atoms with Crippen molar-refractivity contribution < 1.29 is 5.11 Å². The fraction of sp³-hybridized carbons (Fsp3) is 0.286. The van der Waals surface area contributed by atoms with Gasteiger partial charge >= 0.3 is 0 Å². The number of benzene rings is 1. The van der Waals surface area contributed by atoms with Gasteiger partial charge in [0.2, 0.25) is 0 Å². The smallest absolute Gasteiger partial charge is 0.107 e. The quantitative estimate of drug-likeness (QED) is 0.824. The second-order valence-corrected chi connectivity index (χ2v) is 6.95. The molecule has 0 radical (unpaired) electrons. The summed E-state index contributed by atoms with van der Waals surface area (Å²) in [6.45, 7) is 4.18. The van der Waals surface area contributed by atoms with Crippen molar-refractivity contribution in [2.45, 2.75) is 26.4 Å². The van der Waals surface area contributed by atoms with Gasteiger partial charge in [-0.15, -0.1) is 11.3 Å². The van der Waals surface area contributed by atoms with Crippen molar-refractivity contribution in [1.29, 1.82) is 0 Å². The molecule has 1 aromatic heterocycles. The molecular weight excluding hydrogens is 332 g/mol. The Morgan fingerprint density at radius 3 is 2.56 bits per heavy atom. The number of hydrogen-bond donors (Lipinski definition) is 1. The molecule has 1 nitrogen and oxygen atoms in total. The monoisotopic (exact) mass is 344 g/mol. The van der Waals surface area contributed by atoms with Gasteiger partial charge in [-0.05, 0) is 52.5 Å². The van der Waals surface area contributed by atoms with Crippen LogP contribution >= 0.6 is 38.9 Å². The molecule has 0 bridgehead atoms. The summed E-state index contributed by atoms with van der Waals surface area (Å²) in [4.78, 5) is 0.894. The first-order chi connectivity index (χ1) is 8.47. The number of hydrogen-bond acceptors (Lipinski definition) is 2. The van der Waals surface area contributed by atoms with Crippen molar-refractivity contribution in [1.82, 2.24) is 0 Å². The highest BCUT2D eigenvalue weighted by Crippen LogP contribution is 2.36. The van der Waals surface area contributed by atoms with Gasteiger partial charge < -0.3 is 5.11 Å². The van der Waals surface area contributed by atoms with E-state index in [1.807, 2.05) is 6.07 Å². The molecule has 1 atom stereocenters. The van der Waals surface area contributed by atoms with E-state index in [1.165, 1.54) is 22.5 Å². The highest BCUT2D eigenvalue weighted by atomic mass is 79.9. The number of aliphatic hydroxyl groups excluding tert-OH is 1. The maximum absolute atomic E-state index is 10.2. The van der Waals surface area contributed by atoms with Crippen molar-refractivity contribution in [2.24, 2.45) is 0 Å². The first kappa shape index (κ1) is 14.1. The molecule has 96 valence electrons. The Morgan fingerprint density at radius 2 is 2.00 bits per heavy atom. The van der Waals surface area contributed by atoms with Crippen LogP contribution in [0.5, 0.6) is 0 Å². The molecule has 0 saturated heterocycles. The molecule has 4 heteroatoms. The summed E-state index contributed by atoms with van der Waals surface area (Å²) in [5.74, 6) is 0. The lowest BCUT2D eigenvalue weighted by atomic mass is 10.0. The normalized spacial score (nSPS) is 12.7. The van der Waals surface area contributed by atoms with Crippen LogP contribution in [0.4, 0.5) is 0 Å². The minimum absolute atomic E-state index is 0.499. The molecule has 0 aliphatic heterocycles. The van der Waals surface area contributed by atoms with E-state index in [1.54, 1.807) is 0 Å². The van der Waals surface area contributed by atoms with E-state index in [-0.39, 0.29) is 0 Å². The molecule has 2 aromatic rings. The maximum atomic E-state index is 10.2. The van der Waals surface area contributed by atoms with Gasteiger partial charge in [0.25, 0.3) is 0 Å². The van der Waals surface area contributed by atoms with Gasteiger partial charge in [0.15, 0.2) is 0 Å². The Balaban J connectivity index is 2.15. The van der Waals surface area contributed by atoms with Crippen LogP contribution in [0.25, 0.3) is 0 Å². The van der Waals surface area contributed by atoms with Crippen LogP contribution in [0.3, 0.4) is 0 Å². The average molecular weight is 346 g/mol. The zero-order valence-electron chi connectivity index (χ0n) is 10.2. The van der Waals surface area contributed by atoms with Crippen molar-refractivity contribution in [3.8, 4) is 0 Å². The predicted octanol–water partition coefficient (Wildman–Crippen LogP) is 5.06. The fourth-order valence-corrected chi connectivity index (χ4v) is 3.50. The van der Waals surface area contributed by atoms with Crippen LogP contribution in [0.15, 0.2) is 28.7 Å². The topological polar surface area (TPSA) is 20.2 Å². The van der Waals surface area contributed by atoms with Crippen molar-refractivity contribution >= 4 is 38.9 Å². The lowest BCUT2D eigenvalue weighted by molar-refractivity contribution is 0.182. The number of thiophene rings is 1. The second-order valence-electron chi connectivity index (χ2n) is 4.41. The molecule has 1 heterocycles. The Kier molecular flexibility index (Phi) is 4.49. The number of aliphatic hydroxyl groups is 1. The molecule has 1 N–H and O–H groups in total.